The minimum atomic E-state index is -0.537. The Morgan fingerprint density at radius 2 is 2.00 bits per heavy atom. The number of nitrogens with zero attached hydrogens (tertiary/aromatic N) is 3. The molecule has 1 atom stereocenters. The molecule has 0 aromatic carbocycles. The van der Waals surface area contributed by atoms with Gasteiger partial charge in [0.15, 0.2) is 0 Å². The molecular weight excluding hydrogens is 200 g/mol. The van der Waals surface area contributed by atoms with E-state index in [4.69, 9.17) is 0 Å². The Bertz CT molecular complexity index is 378. The molecule has 2 heterocycles. The van der Waals surface area contributed by atoms with Crippen molar-refractivity contribution >= 4 is 0 Å². The molecule has 4 heteroatoms. The third-order valence-electron chi connectivity index (χ3n) is 3.21. The molecule has 84 valence electrons. The maximum atomic E-state index is 9.46. The first-order valence-corrected chi connectivity index (χ1v) is 5.55. The lowest BCUT2D eigenvalue weighted by Gasteiger charge is -2.38. The van der Waals surface area contributed by atoms with Crippen molar-refractivity contribution < 1.29 is 0 Å². The molecule has 1 aliphatic rings. The highest BCUT2D eigenvalue weighted by atomic mass is 15.2. The highest BCUT2D eigenvalue weighted by Crippen LogP contribution is 2.27. The standard InChI is InChI=1S/C12H16N4/c1-12(10-13,11-2-4-14-5-3-11)16-8-6-15-7-9-16/h2-5,15H,6-9H2,1H3. The quantitative estimate of drug-likeness (QED) is 0.791. The topological polar surface area (TPSA) is 52.0 Å². The summed E-state index contributed by atoms with van der Waals surface area (Å²) < 4.78 is 0. The predicted octanol–water partition coefficient (Wildman–Crippen LogP) is 0.726. The van der Waals surface area contributed by atoms with Crippen molar-refractivity contribution in [3.05, 3.63) is 30.1 Å². The van der Waals surface area contributed by atoms with Crippen LogP contribution in [0.1, 0.15) is 12.5 Å². The minimum Gasteiger partial charge on any atom is -0.314 e. The molecule has 2 rings (SSSR count). The van der Waals surface area contributed by atoms with Gasteiger partial charge in [-0.1, -0.05) is 0 Å². The van der Waals surface area contributed by atoms with Crippen molar-refractivity contribution in [1.82, 2.24) is 15.2 Å². The molecule has 1 aliphatic heterocycles. The third-order valence-corrected chi connectivity index (χ3v) is 3.21. The summed E-state index contributed by atoms with van der Waals surface area (Å²) >= 11 is 0. The maximum Gasteiger partial charge on any atom is 0.132 e. The molecule has 16 heavy (non-hydrogen) atoms. The number of piperazine rings is 1. The lowest BCUT2D eigenvalue weighted by Crippen LogP contribution is -2.52. The van der Waals surface area contributed by atoms with Crippen molar-refractivity contribution in [2.45, 2.75) is 12.5 Å². The SMILES string of the molecule is CC(C#N)(c1ccncc1)N1CCNCC1. The van der Waals surface area contributed by atoms with Gasteiger partial charge in [-0.05, 0) is 24.6 Å². The van der Waals surface area contributed by atoms with Crippen LogP contribution in [0, 0.1) is 11.3 Å². The Morgan fingerprint density at radius 1 is 1.38 bits per heavy atom. The zero-order valence-corrected chi connectivity index (χ0v) is 9.48. The normalized spacial score (nSPS) is 21.0. The smallest absolute Gasteiger partial charge is 0.132 e. The van der Waals surface area contributed by atoms with Crippen molar-refractivity contribution in [2.24, 2.45) is 0 Å². The van der Waals surface area contributed by atoms with Gasteiger partial charge in [0, 0.05) is 38.6 Å². The molecule has 4 nitrogen and oxygen atoms in total. The van der Waals surface area contributed by atoms with Crippen LogP contribution in [0.4, 0.5) is 0 Å². The molecule has 1 unspecified atom stereocenters. The van der Waals surface area contributed by atoms with Crippen molar-refractivity contribution in [3.63, 3.8) is 0 Å². The van der Waals surface area contributed by atoms with Gasteiger partial charge in [0.05, 0.1) is 6.07 Å². The van der Waals surface area contributed by atoms with Gasteiger partial charge in [-0.15, -0.1) is 0 Å². The molecule has 1 aromatic heterocycles. The lowest BCUT2D eigenvalue weighted by molar-refractivity contribution is 0.132. The number of rotatable bonds is 2. The first-order valence-electron chi connectivity index (χ1n) is 5.55. The second-order valence-electron chi connectivity index (χ2n) is 4.16. The average Bonchev–Trinajstić information content (AvgIpc) is 2.40. The molecule has 0 radical (unpaired) electrons. The van der Waals surface area contributed by atoms with Gasteiger partial charge in [0.2, 0.25) is 0 Å². The van der Waals surface area contributed by atoms with Gasteiger partial charge >= 0.3 is 0 Å². The van der Waals surface area contributed by atoms with Gasteiger partial charge < -0.3 is 5.32 Å². The summed E-state index contributed by atoms with van der Waals surface area (Å²) in [5.41, 5.74) is 0.484. The molecule has 0 aliphatic carbocycles. The number of hydrogen-bond acceptors (Lipinski definition) is 4. The van der Waals surface area contributed by atoms with Crippen molar-refractivity contribution in [1.29, 1.82) is 5.26 Å². The van der Waals surface area contributed by atoms with Crippen LogP contribution in [-0.2, 0) is 5.54 Å². The number of nitriles is 1. The van der Waals surface area contributed by atoms with E-state index in [1.54, 1.807) is 12.4 Å². The second kappa shape index (κ2) is 4.60. The zero-order chi connectivity index (χ0) is 11.4. The minimum absolute atomic E-state index is 0.537. The highest BCUT2D eigenvalue weighted by molar-refractivity contribution is 5.28. The van der Waals surface area contributed by atoms with Gasteiger partial charge in [-0.3, -0.25) is 9.88 Å². The van der Waals surface area contributed by atoms with Crippen LogP contribution >= 0.6 is 0 Å². The zero-order valence-electron chi connectivity index (χ0n) is 9.48. The first-order chi connectivity index (χ1) is 7.77. The number of pyridine rings is 1. The highest BCUT2D eigenvalue weighted by Gasteiger charge is 2.34. The average molecular weight is 216 g/mol. The van der Waals surface area contributed by atoms with E-state index in [-0.39, 0.29) is 0 Å². The van der Waals surface area contributed by atoms with Gasteiger partial charge in [0.1, 0.15) is 5.54 Å². The summed E-state index contributed by atoms with van der Waals surface area (Å²) in [6.45, 7) is 5.69. The molecule has 1 fully saturated rings. The summed E-state index contributed by atoms with van der Waals surface area (Å²) in [7, 11) is 0. The summed E-state index contributed by atoms with van der Waals surface area (Å²) in [5.74, 6) is 0. The number of aromatic nitrogens is 1. The Labute approximate surface area is 95.9 Å². The van der Waals surface area contributed by atoms with E-state index in [0.29, 0.717) is 0 Å². The summed E-state index contributed by atoms with van der Waals surface area (Å²) in [4.78, 5) is 6.22. The fraction of sp³-hybridized carbons (Fsp3) is 0.500. The van der Waals surface area contributed by atoms with E-state index >= 15 is 0 Å². The van der Waals surface area contributed by atoms with E-state index in [1.165, 1.54) is 0 Å². The summed E-state index contributed by atoms with van der Waals surface area (Å²) in [6, 6.07) is 6.28. The van der Waals surface area contributed by atoms with E-state index in [1.807, 2.05) is 19.1 Å². The monoisotopic (exact) mass is 216 g/mol. The Morgan fingerprint density at radius 3 is 2.56 bits per heavy atom. The van der Waals surface area contributed by atoms with Crippen LogP contribution in [-0.4, -0.2) is 36.1 Å². The van der Waals surface area contributed by atoms with Gasteiger partial charge in [0.25, 0.3) is 0 Å². The second-order valence-corrected chi connectivity index (χ2v) is 4.16. The Kier molecular flexibility index (Phi) is 3.18. The Balaban J connectivity index is 2.29. The van der Waals surface area contributed by atoms with Crippen LogP contribution in [0.2, 0.25) is 0 Å². The van der Waals surface area contributed by atoms with Crippen LogP contribution in [0.5, 0.6) is 0 Å². The van der Waals surface area contributed by atoms with E-state index in [9.17, 15) is 5.26 Å². The number of nitrogens with one attached hydrogen (secondary N) is 1. The first kappa shape index (κ1) is 11.1. The summed E-state index contributed by atoms with van der Waals surface area (Å²) in [6.07, 6.45) is 3.49. The van der Waals surface area contributed by atoms with Gasteiger partial charge in [-0.25, -0.2) is 0 Å². The van der Waals surface area contributed by atoms with Crippen molar-refractivity contribution in [3.8, 4) is 6.07 Å². The molecule has 0 amide bonds. The molecule has 1 saturated heterocycles. The van der Waals surface area contributed by atoms with Crippen LogP contribution in [0.15, 0.2) is 24.5 Å². The molecule has 0 spiro atoms. The maximum absolute atomic E-state index is 9.46. The summed E-state index contributed by atoms with van der Waals surface area (Å²) in [5, 5.41) is 12.8. The van der Waals surface area contributed by atoms with Crippen molar-refractivity contribution in [2.75, 3.05) is 26.2 Å². The van der Waals surface area contributed by atoms with Gasteiger partial charge in [-0.2, -0.15) is 5.26 Å². The largest absolute Gasteiger partial charge is 0.314 e. The van der Waals surface area contributed by atoms with E-state index in [0.717, 1.165) is 31.7 Å². The van der Waals surface area contributed by atoms with Crippen LogP contribution in [0.3, 0.4) is 0 Å². The van der Waals surface area contributed by atoms with Crippen LogP contribution < -0.4 is 5.32 Å². The molecular formula is C12H16N4. The fourth-order valence-electron chi connectivity index (χ4n) is 2.11. The number of hydrogen-bond donors (Lipinski definition) is 1. The van der Waals surface area contributed by atoms with Crippen LogP contribution in [0.25, 0.3) is 0 Å². The van der Waals surface area contributed by atoms with E-state index < -0.39 is 5.54 Å². The third kappa shape index (κ3) is 1.92. The molecule has 1 N–H and O–H groups in total. The Hall–Kier alpha value is -1.44. The molecule has 0 saturated carbocycles. The molecule has 0 bridgehead atoms. The molecule has 1 aromatic rings. The van der Waals surface area contributed by atoms with E-state index in [2.05, 4.69) is 21.3 Å². The fourth-order valence-corrected chi connectivity index (χ4v) is 2.11. The lowest BCUT2D eigenvalue weighted by atomic mass is 9.92. The predicted molar refractivity (Wildman–Crippen MR) is 61.6 cm³/mol.